The summed E-state index contributed by atoms with van der Waals surface area (Å²) in [4.78, 5) is 39.2. The number of halogens is 1. The van der Waals surface area contributed by atoms with Crippen molar-refractivity contribution in [3.8, 4) is 5.75 Å². The highest BCUT2D eigenvalue weighted by Crippen LogP contribution is 2.28. The zero-order valence-electron chi connectivity index (χ0n) is 20.9. The van der Waals surface area contributed by atoms with Gasteiger partial charge in [-0.3, -0.25) is 14.4 Å². The van der Waals surface area contributed by atoms with Crippen LogP contribution in [0.4, 0.5) is 11.4 Å². The predicted molar refractivity (Wildman–Crippen MR) is 148 cm³/mol. The first-order valence-corrected chi connectivity index (χ1v) is 13.0. The van der Waals surface area contributed by atoms with Crippen molar-refractivity contribution in [3.63, 3.8) is 0 Å². The van der Waals surface area contributed by atoms with E-state index in [4.69, 9.17) is 4.74 Å². The van der Waals surface area contributed by atoms with Gasteiger partial charge in [-0.2, -0.15) is 0 Å². The van der Waals surface area contributed by atoms with Crippen molar-refractivity contribution in [1.29, 1.82) is 0 Å². The molecule has 1 aliphatic heterocycles. The lowest BCUT2D eigenvalue weighted by molar-refractivity contribution is -0.126. The number of rotatable bonds is 9. The van der Waals surface area contributed by atoms with E-state index in [1.54, 1.807) is 29.2 Å². The van der Waals surface area contributed by atoms with Crippen LogP contribution in [-0.2, 0) is 20.8 Å². The highest BCUT2D eigenvalue weighted by molar-refractivity contribution is 9.10. The average Bonchev–Trinajstić information content (AvgIpc) is 3.27. The summed E-state index contributed by atoms with van der Waals surface area (Å²) in [5.41, 5.74) is 4.55. The van der Waals surface area contributed by atoms with Crippen LogP contribution in [0.1, 0.15) is 23.1 Å². The van der Waals surface area contributed by atoms with Gasteiger partial charge in [0.2, 0.25) is 11.8 Å². The SMILES string of the molecule is Cc1cc(Br)cc(C)c1NC(=O)COc1ccc(N2C[C@H](C(=O)NCCc3ccccc3)CC2=O)cc1. The molecule has 4 rings (SSSR count). The van der Waals surface area contributed by atoms with Crippen molar-refractivity contribution in [2.75, 3.05) is 29.9 Å². The Morgan fingerprint density at radius 3 is 2.38 bits per heavy atom. The number of ether oxygens (including phenoxy) is 1. The molecule has 1 fully saturated rings. The maximum Gasteiger partial charge on any atom is 0.262 e. The molecule has 3 aromatic rings. The second-order valence-corrected chi connectivity index (χ2v) is 10.1. The molecule has 3 amide bonds. The van der Waals surface area contributed by atoms with Crippen LogP contribution in [0.25, 0.3) is 0 Å². The minimum Gasteiger partial charge on any atom is -0.484 e. The maximum atomic E-state index is 12.6. The molecule has 2 N–H and O–H groups in total. The summed E-state index contributed by atoms with van der Waals surface area (Å²) in [5.74, 6) is -0.308. The molecular weight excluding hydrogens is 534 g/mol. The molecule has 0 aromatic heterocycles. The molecule has 1 heterocycles. The molecule has 0 radical (unpaired) electrons. The van der Waals surface area contributed by atoms with Crippen LogP contribution in [0.3, 0.4) is 0 Å². The average molecular weight is 564 g/mol. The van der Waals surface area contributed by atoms with Crippen LogP contribution < -0.4 is 20.3 Å². The highest BCUT2D eigenvalue weighted by atomic mass is 79.9. The normalized spacial score (nSPS) is 14.9. The summed E-state index contributed by atoms with van der Waals surface area (Å²) < 4.78 is 6.60. The topological polar surface area (TPSA) is 87.7 Å². The molecular formula is C29H30BrN3O4. The van der Waals surface area contributed by atoms with Crippen molar-refractivity contribution in [1.82, 2.24) is 5.32 Å². The Hall–Kier alpha value is -3.65. The fourth-order valence-electron chi connectivity index (χ4n) is 4.41. The van der Waals surface area contributed by atoms with Gasteiger partial charge < -0.3 is 20.3 Å². The molecule has 7 nitrogen and oxygen atoms in total. The van der Waals surface area contributed by atoms with Gasteiger partial charge in [-0.1, -0.05) is 46.3 Å². The van der Waals surface area contributed by atoms with E-state index >= 15 is 0 Å². The molecule has 1 atom stereocenters. The Bertz CT molecular complexity index is 1260. The van der Waals surface area contributed by atoms with E-state index < -0.39 is 0 Å². The minimum atomic E-state index is -0.381. The van der Waals surface area contributed by atoms with Crippen molar-refractivity contribution in [3.05, 3.63) is 87.9 Å². The summed E-state index contributed by atoms with van der Waals surface area (Å²) in [6.45, 7) is 4.61. The second kappa shape index (κ2) is 12.1. The van der Waals surface area contributed by atoms with Crippen molar-refractivity contribution in [2.24, 2.45) is 5.92 Å². The van der Waals surface area contributed by atoms with Gasteiger partial charge in [-0.15, -0.1) is 0 Å². The molecule has 8 heteroatoms. The predicted octanol–water partition coefficient (Wildman–Crippen LogP) is 4.80. The van der Waals surface area contributed by atoms with Gasteiger partial charge in [0.1, 0.15) is 5.75 Å². The van der Waals surface area contributed by atoms with Crippen LogP contribution in [0.5, 0.6) is 5.75 Å². The number of nitrogens with zero attached hydrogens (tertiary/aromatic N) is 1. The molecule has 0 aliphatic carbocycles. The Morgan fingerprint density at radius 1 is 1.03 bits per heavy atom. The second-order valence-electron chi connectivity index (χ2n) is 9.18. The Labute approximate surface area is 225 Å². The smallest absolute Gasteiger partial charge is 0.262 e. The molecule has 3 aromatic carbocycles. The summed E-state index contributed by atoms with van der Waals surface area (Å²) in [5, 5.41) is 5.85. The Kier molecular flexibility index (Phi) is 8.61. The third-order valence-electron chi connectivity index (χ3n) is 6.33. The lowest BCUT2D eigenvalue weighted by Gasteiger charge is -2.17. The molecule has 37 heavy (non-hydrogen) atoms. The first kappa shape index (κ1) is 26.4. The number of hydrogen-bond donors (Lipinski definition) is 2. The Morgan fingerprint density at radius 2 is 1.70 bits per heavy atom. The highest BCUT2D eigenvalue weighted by Gasteiger charge is 2.35. The summed E-state index contributed by atoms with van der Waals surface area (Å²) in [7, 11) is 0. The van der Waals surface area contributed by atoms with Gasteiger partial charge in [0.15, 0.2) is 6.61 Å². The molecule has 0 unspecified atom stereocenters. The number of nitrogens with one attached hydrogen (secondary N) is 2. The standard InChI is InChI=1S/C29H30BrN3O4/c1-19-14-23(30)15-20(2)28(19)32-26(34)18-37-25-10-8-24(9-11-25)33-17-22(16-27(33)35)29(36)31-13-12-21-6-4-3-5-7-21/h3-11,14-15,22H,12-13,16-18H2,1-2H3,(H,31,36)(H,32,34)/t22-/m1/s1. The van der Waals surface area contributed by atoms with Crippen molar-refractivity contribution < 1.29 is 19.1 Å². The Balaban J connectivity index is 1.26. The van der Waals surface area contributed by atoms with E-state index in [0.29, 0.717) is 24.5 Å². The fourth-order valence-corrected chi connectivity index (χ4v) is 5.09. The van der Waals surface area contributed by atoms with E-state index in [2.05, 4.69) is 26.6 Å². The molecule has 1 aliphatic rings. The van der Waals surface area contributed by atoms with Gasteiger partial charge >= 0.3 is 0 Å². The van der Waals surface area contributed by atoms with Crippen molar-refractivity contribution >= 4 is 45.0 Å². The van der Waals surface area contributed by atoms with Gasteiger partial charge in [0, 0.05) is 35.4 Å². The fraction of sp³-hybridized carbons (Fsp3) is 0.276. The van der Waals surface area contributed by atoms with Gasteiger partial charge in [-0.05, 0) is 73.4 Å². The number of benzene rings is 3. The lowest BCUT2D eigenvalue weighted by Crippen LogP contribution is -2.34. The van der Waals surface area contributed by atoms with Crippen molar-refractivity contribution in [2.45, 2.75) is 26.7 Å². The lowest BCUT2D eigenvalue weighted by atomic mass is 10.1. The number of aryl methyl sites for hydroxylation is 2. The number of amides is 3. The number of hydrogen-bond acceptors (Lipinski definition) is 4. The quantitative estimate of drug-likeness (QED) is 0.391. The molecule has 0 spiro atoms. The third-order valence-corrected chi connectivity index (χ3v) is 6.79. The first-order valence-electron chi connectivity index (χ1n) is 12.2. The van der Waals surface area contributed by atoms with E-state index in [1.165, 1.54) is 0 Å². The maximum absolute atomic E-state index is 12.6. The van der Waals surface area contributed by atoms with Crippen LogP contribution in [0, 0.1) is 19.8 Å². The number of carbonyl (C=O) groups is 3. The zero-order chi connectivity index (χ0) is 26.4. The van der Waals surface area contributed by atoms with Gasteiger partial charge in [0.25, 0.3) is 5.91 Å². The van der Waals surface area contributed by atoms with E-state index in [-0.39, 0.29) is 36.7 Å². The summed E-state index contributed by atoms with van der Waals surface area (Å²) in [6, 6.07) is 20.8. The molecule has 1 saturated heterocycles. The van der Waals surface area contributed by atoms with Gasteiger partial charge in [0.05, 0.1) is 5.92 Å². The summed E-state index contributed by atoms with van der Waals surface area (Å²) >= 11 is 3.45. The number of anilines is 2. The minimum absolute atomic E-state index is 0.0866. The molecule has 192 valence electrons. The molecule has 0 saturated carbocycles. The van der Waals surface area contributed by atoms with E-state index in [9.17, 15) is 14.4 Å². The van der Waals surface area contributed by atoms with E-state index in [0.717, 1.165) is 33.3 Å². The summed E-state index contributed by atoms with van der Waals surface area (Å²) in [6.07, 6.45) is 0.934. The van der Waals surface area contributed by atoms with Crippen LogP contribution >= 0.6 is 15.9 Å². The van der Waals surface area contributed by atoms with Crippen LogP contribution in [0.2, 0.25) is 0 Å². The largest absolute Gasteiger partial charge is 0.484 e. The third kappa shape index (κ3) is 6.98. The molecule has 0 bridgehead atoms. The zero-order valence-corrected chi connectivity index (χ0v) is 22.5. The number of carbonyl (C=O) groups excluding carboxylic acids is 3. The first-order chi connectivity index (χ1) is 17.8. The van der Waals surface area contributed by atoms with E-state index in [1.807, 2.05) is 56.3 Å². The monoisotopic (exact) mass is 563 g/mol. The van der Waals surface area contributed by atoms with Gasteiger partial charge in [-0.25, -0.2) is 0 Å². The van der Waals surface area contributed by atoms with Crippen LogP contribution in [-0.4, -0.2) is 37.4 Å². The van der Waals surface area contributed by atoms with Crippen LogP contribution in [0.15, 0.2) is 71.2 Å².